The van der Waals surface area contributed by atoms with Crippen LogP contribution < -0.4 is 0 Å². The van der Waals surface area contributed by atoms with Gasteiger partial charge in [-0.05, 0) is 91.5 Å². The Balaban J connectivity index is 0.000000188. The number of nitrogens with zero attached hydrogens (tertiary/aromatic N) is 6. The van der Waals surface area contributed by atoms with Gasteiger partial charge in [-0.15, -0.1) is 0 Å². The van der Waals surface area contributed by atoms with Crippen LogP contribution in [0.25, 0.3) is 0 Å². The second kappa shape index (κ2) is 13.7. The van der Waals surface area contributed by atoms with Crippen LogP contribution in [0.15, 0.2) is 36.7 Å². The van der Waals surface area contributed by atoms with Crippen molar-refractivity contribution in [2.45, 2.75) is 116 Å². The van der Waals surface area contributed by atoms with E-state index in [0.717, 1.165) is 35.4 Å². The lowest BCUT2D eigenvalue weighted by Gasteiger charge is -2.44. The highest BCUT2D eigenvalue weighted by Gasteiger charge is 2.48. The van der Waals surface area contributed by atoms with Gasteiger partial charge < -0.3 is 19.3 Å². The smallest absolute Gasteiger partial charge is 0.410 e. The van der Waals surface area contributed by atoms with Gasteiger partial charge in [0.05, 0.1) is 35.6 Å². The van der Waals surface area contributed by atoms with Crippen molar-refractivity contribution < 1.29 is 28.7 Å². The summed E-state index contributed by atoms with van der Waals surface area (Å²) in [5.74, 6) is 0.338. The number of hydrogen-bond donors (Lipinski definition) is 0. The topological polar surface area (TPSA) is 125 Å². The second-order valence-electron chi connectivity index (χ2n) is 15.0. The summed E-state index contributed by atoms with van der Waals surface area (Å²) in [7, 11) is 0. The highest BCUT2D eigenvalue weighted by atomic mass is 16.6. The molecule has 0 radical (unpaired) electrons. The number of hydrogen-bond acceptors (Lipinski definition) is 8. The number of aromatic nitrogens is 2. The molecule has 0 unspecified atom stereocenters. The first kappa shape index (κ1) is 35.1. The van der Waals surface area contributed by atoms with E-state index in [9.17, 15) is 19.2 Å². The minimum Gasteiger partial charge on any atom is -0.444 e. The maximum absolute atomic E-state index is 12.8. The van der Waals surface area contributed by atoms with Crippen LogP contribution in [-0.4, -0.2) is 103 Å². The molecule has 0 aromatic carbocycles. The maximum atomic E-state index is 12.8. The molecule has 0 bridgehead atoms. The van der Waals surface area contributed by atoms with Crippen LogP contribution in [-0.2, 0) is 19.1 Å². The predicted molar refractivity (Wildman–Crippen MR) is 179 cm³/mol. The van der Waals surface area contributed by atoms with E-state index in [0.29, 0.717) is 39.0 Å². The van der Waals surface area contributed by atoms with Crippen molar-refractivity contribution in [3.8, 4) is 0 Å². The molecule has 4 atom stereocenters. The number of pyridine rings is 2. The van der Waals surface area contributed by atoms with E-state index in [1.807, 2.05) is 89.5 Å². The zero-order valence-electron chi connectivity index (χ0n) is 29.6. The van der Waals surface area contributed by atoms with Gasteiger partial charge in [0.1, 0.15) is 11.2 Å². The standard InChI is InChI=1S/2C18H25N3O3/c2*1-12-6-5-9-19-15(12)16-13-7-8-14(22)20(13)10-11-21(16)17(23)24-18(2,3)4/h2*5-6,9,13,16H,7-8,10-11H2,1-4H3/t13-,16+;13-,16-/m00/s1. The molecule has 6 heterocycles. The summed E-state index contributed by atoms with van der Waals surface area (Å²) in [6.45, 7) is 17.2. The fourth-order valence-corrected chi connectivity index (χ4v) is 7.20. The Bertz CT molecular complexity index is 1420. The van der Waals surface area contributed by atoms with Gasteiger partial charge in [-0.2, -0.15) is 0 Å². The van der Waals surface area contributed by atoms with Gasteiger partial charge in [-0.1, -0.05) is 12.1 Å². The molecule has 4 fully saturated rings. The van der Waals surface area contributed by atoms with Gasteiger partial charge >= 0.3 is 12.2 Å². The Morgan fingerprint density at radius 2 is 1.04 bits per heavy atom. The second-order valence-corrected chi connectivity index (χ2v) is 15.0. The predicted octanol–water partition coefficient (Wildman–Crippen LogP) is 5.35. The summed E-state index contributed by atoms with van der Waals surface area (Å²) < 4.78 is 11.2. The number of rotatable bonds is 2. The molecule has 2 aromatic heterocycles. The summed E-state index contributed by atoms with van der Waals surface area (Å²) in [5.41, 5.74) is 2.65. The summed E-state index contributed by atoms with van der Waals surface area (Å²) >= 11 is 0. The minimum absolute atomic E-state index is 0.0210. The van der Waals surface area contributed by atoms with Crippen molar-refractivity contribution in [1.82, 2.24) is 29.6 Å². The monoisotopic (exact) mass is 662 g/mol. The number of fused-ring (bicyclic) bond motifs is 2. The molecule has 12 nitrogen and oxygen atoms in total. The van der Waals surface area contributed by atoms with Crippen molar-refractivity contribution in [3.63, 3.8) is 0 Å². The molecule has 6 rings (SSSR count). The molecule has 2 aromatic rings. The third kappa shape index (κ3) is 7.57. The number of carbonyl (C=O) groups is 4. The van der Waals surface area contributed by atoms with E-state index in [1.54, 1.807) is 22.2 Å². The van der Waals surface area contributed by atoms with Crippen molar-refractivity contribution in [1.29, 1.82) is 0 Å². The van der Waals surface area contributed by atoms with E-state index < -0.39 is 11.2 Å². The lowest BCUT2D eigenvalue weighted by Crippen LogP contribution is -2.56. The van der Waals surface area contributed by atoms with Gasteiger partial charge in [-0.25, -0.2) is 9.59 Å². The summed E-state index contributed by atoms with van der Waals surface area (Å²) in [4.78, 5) is 66.2. The van der Waals surface area contributed by atoms with Crippen LogP contribution in [0.5, 0.6) is 0 Å². The highest BCUT2D eigenvalue weighted by Crippen LogP contribution is 2.40. The lowest BCUT2D eigenvalue weighted by atomic mass is 9.95. The van der Waals surface area contributed by atoms with E-state index in [-0.39, 0.29) is 48.2 Å². The van der Waals surface area contributed by atoms with Gasteiger partial charge in [0.15, 0.2) is 0 Å². The molecule has 12 heteroatoms. The Hall–Kier alpha value is -4.22. The van der Waals surface area contributed by atoms with E-state index in [4.69, 9.17) is 9.47 Å². The first-order chi connectivity index (χ1) is 22.6. The van der Waals surface area contributed by atoms with Gasteiger partial charge in [0.2, 0.25) is 11.8 Å². The number of amides is 4. The molecule has 4 aliphatic heterocycles. The largest absolute Gasteiger partial charge is 0.444 e. The molecular weight excluding hydrogens is 612 g/mol. The molecule has 0 N–H and O–H groups in total. The average molecular weight is 663 g/mol. The molecule has 4 amide bonds. The maximum Gasteiger partial charge on any atom is 0.410 e. The number of ether oxygens (including phenoxy) is 2. The molecule has 48 heavy (non-hydrogen) atoms. The first-order valence-electron chi connectivity index (χ1n) is 17.0. The van der Waals surface area contributed by atoms with Crippen molar-refractivity contribution in [2.75, 3.05) is 26.2 Å². The van der Waals surface area contributed by atoms with E-state index in [1.165, 1.54) is 0 Å². The third-order valence-corrected chi connectivity index (χ3v) is 9.23. The van der Waals surface area contributed by atoms with Crippen molar-refractivity contribution >= 4 is 24.0 Å². The number of carbonyl (C=O) groups excluding carboxylic acids is 4. The minimum atomic E-state index is -0.552. The van der Waals surface area contributed by atoms with Crippen LogP contribution in [0.2, 0.25) is 0 Å². The van der Waals surface area contributed by atoms with Gasteiger partial charge in [0, 0.05) is 51.4 Å². The van der Waals surface area contributed by atoms with Crippen molar-refractivity contribution in [2.24, 2.45) is 0 Å². The average Bonchev–Trinajstić information content (AvgIpc) is 3.57. The van der Waals surface area contributed by atoms with Crippen molar-refractivity contribution in [3.05, 3.63) is 59.2 Å². The van der Waals surface area contributed by atoms with Crippen LogP contribution >= 0.6 is 0 Å². The Kier molecular flexibility index (Phi) is 10.0. The molecule has 260 valence electrons. The van der Waals surface area contributed by atoms with Crippen LogP contribution in [0.1, 0.15) is 102 Å². The van der Waals surface area contributed by atoms with Crippen LogP contribution in [0.4, 0.5) is 9.59 Å². The fourth-order valence-electron chi connectivity index (χ4n) is 7.20. The summed E-state index contributed by atoms with van der Waals surface area (Å²) in [5, 5.41) is 0. The van der Waals surface area contributed by atoms with Gasteiger partial charge in [0.25, 0.3) is 0 Å². The fraction of sp³-hybridized carbons (Fsp3) is 0.611. The normalized spacial score (nSPS) is 24.1. The van der Waals surface area contributed by atoms with E-state index in [2.05, 4.69) is 9.97 Å². The zero-order chi connectivity index (χ0) is 35.0. The van der Waals surface area contributed by atoms with Gasteiger partial charge in [-0.3, -0.25) is 29.4 Å². The van der Waals surface area contributed by atoms with Crippen LogP contribution in [0.3, 0.4) is 0 Å². The molecule has 0 spiro atoms. The lowest BCUT2D eigenvalue weighted by molar-refractivity contribution is -0.132. The highest BCUT2D eigenvalue weighted by molar-refractivity contribution is 5.80. The van der Waals surface area contributed by atoms with Crippen LogP contribution in [0, 0.1) is 13.8 Å². The Morgan fingerprint density at radius 3 is 1.38 bits per heavy atom. The zero-order valence-corrected chi connectivity index (χ0v) is 29.6. The summed E-state index contributed by atoms with van der Waals surface area (Å²) in [6.07, 6.45) is 5.38. The third-order valence-electron chi connectivity index (χ3n) is 9.23. The molecule has 0 saturated carbocycles. The summed E-state index contributed by atoms with van der Waals surface area (Å²) in [6, 6.07) is 7.22. The Morgan fingerprint density at radius 1 is 0.667 bits per heavy atom. The number of aryl methyl sites for hydroxylation is 2. The molecule has 4 aliphatic rings. The number of piperazine rings is 2. The quantitative estimate of drug-likeness (QED) is 0.422. The molecule has 0 aliphatic carbocycles. The first-order valence-corrected chi connectivity index (χ1v) is 17.0. The Labute approximate surface area is 283 Å². The SMILES string of the molecule is Cc1cccnc1[C@@H]1[C@@H]2CCC(=O)N2CCN1C(=O)OC(C)(C)C.Cc1cccnc1[C@H]1[C@@H]2CCC(=O)N2CCN1C(=O)OC(C)(C)C. The van der Waals surface area contributed by atoms with E-state index >= 15 is 0 Å². The molecular formula is C36H50N6O6. The molecule has 4 saturated heterocycles.